The van der Waals surface area contributed by atoms with Gasteiger partial charge in [-0.15, -0.1) is 5.10 Å². The van der Waals surface area contributed by atoms with Crippen molar-refractivity contribution in [3.05, 3.63) is 35.7 Å². The summed E-state index contributed by atoms with van der Waals surface area (Å²) in [5.41, 5.74) is 2.06. The second kappa shape index (κ2) is 4.60. The summed E-state index contributed by atoms with van der Waals surface area (Å²) in [6.07, 6.45) is 1.79. The van der Waals surface area contributed by atoms with Gasteiger partial charge in [-0.25, -0.2) is 0 Å². The number of aryl methyl sites for hydroxylation is 1. The molecule has 1 aliphatic rings. The summed E-state index contributed by atoms with van der Waals surface area (Å²) in [6.45, 7) is 0.618. The first-order valence-corrected chi connectivity index (χ1v) is 5.72. The van der Waals surface area contributed by atoms with E-state index in [0.717, 1.165) is 11.3 Å². The Morgan fingerprint density at radius 3 is 3.16 bits per heavy atom. The molecule has 0 fully saturated rings. The van der Waals surface area contributed by atoms with E-state index < -0.39 is 0 Å². The lowest BCUT2D eigenvalue weighted by molar-refractivity contribution is 0.298. The van der Waals surface area contributed by atoms with Gasteiger partial charge in [-0.3, -0.25) is 4.68 Å². The van der Waals surface area contributed by atoms with Crippen LogP contribution in [0.25, 0.3) is 0 Å². The van der Waals surface area contributed by atoms with Crippen molar-refractivity contribution in [3.63, 3.8) is 0 Å². The lowest BCUT2D eigenvalue weighted by atomic mass is 10.1. The first kappa shape index (κ1) is 11.5. The number of fused-ring (bicyclic) bond motifs is 1. The summed E-state index contributed by atoms with van der Waals surface area (Å²) in [4.78, 5) is 0. The minimum atomic E-state index is 0.277. The van der Waals surface area contributed by atoms with Crippen molar-refractivity contribution in [1.29, 1.82) is 0 Å². The molecule has 2 aromatic rings. The number of benzene rings is 1. The molecule has 1 aromatic heterocycles. The van der Waals surface area contributed by atoms with Crippen LogP contribution in [0.4, 0.5) is 0 Å². The SMILES string of the molecule is Cn1cc(COc2ccc3c(c2)OC/C3=N\O)nn1. The molecule has 1 N–H and O–H groups in total. The molecule has 2 heterocycles. The van der Waals surface area contributed by atoms with Crippen molar-refractivity contribution in [1.82, 2.24) is 15.0 Å². The van der Waals surface area contributed by atoms with Gasteiger partial charge in [0.15, 0.2) is 0 Å². The lowest BCUT2D eigenvalue weighted by Crippen LogP contribution is -2.01. The molecule has 19 heavy (non-hydrogen) atoms. The highest BCUT2D eigenvalue weighted by Crippen LogP contribution is 2.30. The first-order valence-electron chi connectivity index (χ1n) is 5.72. The molecule has 0 radical (unpaired) electrons. The Morgan fingerprint density at radius 2 is 2.42 bits per heavy atom. The topological polar surface area (TPSA) is 81.8 Å². The zero-order valence-corrected chi connectivity index (χ0v) is 10.3. The second-order valence-corrected chi connectivity index (χ2v) is 4.17. The van der Waals surface area contributed by atoms with Crippen LogP contribution in [0.3, 0.4) is 0 Å². The Labute approximate surface area is 109 Å². The van der Waals surface area contributed by atoms with E-state index in [0.29, 0.717) is 23.8 Å². The van der Waals surface area contributed by atoms with Crippen molar-refractivity contribution in [2.45, 2.75) is 6.61 Å². The summed E-state index contributed by atoms with van der Waals surface area (Å²) >= 11 is 0. The fraction of sp³-hybridized carbons (Fsp3) is 0.250. The van der Waals surface area contributed by atoms with Crippen LogP contribution in [0.2, 0.25) is 0 Å². The normalized spacial score (nSPS) is 15.3. The highest BCUT2D eigenvalue weighted by atomic mass is 16.5. The van der Waals surface area contributed by atoms with Crippen LogP contribution >= 0.6 is 0 Å². The van der Waals surface area contributed by atoms with Crippen LogP contribution < -0.4 is 9.47 Å². The number of ether oxygens (including phenoxy) is 2. The molecule has 1 aromatic carbocycles. The zero-order valence-electron chi connectivity index (χ0n) is 10.3. The minimum absolute atomic E-state index is 0.277. The minimum Gasteiger partial charge on any atom is -0.487 e. The fourth-order valence-electron chi connectivity index (χ4n) is 1.88. The van der Waals surface area contributed by atoms with Gasteiger partial charge >= 0.3 is 0 Å². The summed E-state index contributed by atoms with van der Waals surface area (Å²) in [5.74, 6) is 1.33. The van der Waals surface area contributed by atoms with E-state index in [1.807, 2.05) is 6.07 Å². The Hall–Kier alpha value is -2.57. The van der Waals surface area contributed by atoms with Crippen LogP contribution in [0.5, 0.6) is 11.5 Å². The summed E-state index contributed by atoms with van der Waals surface area (Å²) < 4.78 is 12.6. The number of oxime groups is 1. The van der Waals surface area contributed by atoms with Crippen molar-refractivity contribution < 1.29 is 14.7 Å². The number of hydrogen-bond acceptors (Lipinski definition) is 6. The molecule has 0 atom stereocenters. The summed E-state index contributed by atoms with van der Waals surface area (Å²) in [6, 6.07) is 5.38. The van der Waals surface area contributed by atoms with Crippen molar-refractivity contribution in [2.24, 2.45) is 12.2 Å². The van der Waals surface area contributed by atoms with E-state index in [9.17, 15) is 0 Å². The molecule has 0 amide bonds. The van der Waals surface area contributed by atoms with Crippen LogP contribution in [-0.2, 0) is 13.7 Å². The Morgan fingerprint density at radius 1 is 1.53 bits per heavy atom. The van der Waals surface area contributed by atoms with Gasteiger partial charge in [0.25, 0.3) is 0 Å². The monoisotopic (exact) mass is 260 g/mol. The molecular formula is C12H12N4O3. The largest absolute Gasteiger partial charge is 0.487 e. The average Bonchev–Trinajstić information content (AvgIpc) is 3.01. The van der Waals surface area contributed by atoms with E-state index in [-0.39, 0.29) is 6.61 Å². The second-order valence-electron chi connectivity index (χ2n) is 4.17. The van der Waals surface area contributed by atoms with Crippen molar-refractivity contribution >= 4 is 5.71 Å². The molecule has 0 saturated carbocycles. The van der Waals surface area contributed by atoms with Gasteiger partial charge in [0.1, 0.15) is 36.1 Å². The molecule has 0 saturated heterocycles. The van der Waals surface area contributed by atoms with E-state index in [2.05, 4.69) is 15.5 Å². The smallest absolute Gasteiger partial charge is 0.134 e. The third-order valence-corrected chi connectivity index (χ3v) is 2.79. The average molecular weight is 260 g/mol. The highest BCUT2D eigenvalue weighted by Gasteiger charge is 2.20. The Bertz CT molecular complexity index is 636. The predicted molar refractivity (Wildman–Crippen MR) is 65.6 cm³/mol. The molecule has 3 rings (SSSR count). The maximum absolute atomic E-state index is 8.80. The first-order chi connectivity index (χ1) is 9.26. The fourth-order valence-corrected chi connectivity index (χ4v) is 1.88. The van der Waals surface area contributed by atoms with Crippen LogP contribution in [0, 0.1) is 0 Å². The maximum atomic E-state index is 8.80. The van der Waals surface area contributed by atoms with Gasteiger partial charge in [-0.1, -0.05) is 10.4 Å². The predicted octanol–water partition coefficient (Wildman–Crippen LogP) is 0.965. The van der Waals surface area contributed by atoms with Crippen LogP contribution in [0.1, 0.15) is 11.3 Å². The molecule has 1 aliphatic heterocycles. The maximum Gasteiger partial charge on any atom is 0.134 e. The Balaban J connectivity index is 1.73. The van der Waals surface area contributed by atoms with Gasteiger partial charge in [0.05, 0.1) is 6.20 Å². The van der Waals surface area contributed by atoms with E-state index in [4.69, 9.17) is 14.7 Å². The standard InChI is InChI=1S/C12H12N4O3/c1-16-5-8(13-15-16)6-18-9-2-3-10-11(14-17)7-19-12(10)4-9/h2-5,17H,6-7H2,1H3/b14-11+. The van der Waals surface area contributed by atoms with E-state index in [1.54, 1.807) is 30.1 Å². The molecule has 98 valence electrons. The van der Waals surface area contributed by atoms with Crippen LogP contribution in [0.15, 0.2) is 29.6 Å². The van der Waals surface area contributed by atoms with Gasteiger partial charge in [-0.05, 0) is 12.1 Å². The molecular weight excluding hydrogens is 248 g/mol. The molecule has 0 spiro atoms. The van der Waals surface area contributed by atoms with Crippen molar-refractivity contribution in [2.75, 3.05) is 6.61 Å². The van der Waals surface area contributed by atoms with Crippen molar-refractivity contribution in [3.8, 4) is 11.5 Å². The molecule has 7 heteroatoms. The third-order valence-electron chi connectivity index (χ3n) is 2.79. The number of rotatable bonds is 3. The summed E-state index contributed by atoms with van der Waals surface area (Å²) in [5, 5.41) is 19.7. The zero-order chi connectivity index (χ0) is 13.2. The Kier molecular flexibility index (Phi) is 2.79. The van der Waals surface area contributed by atoms with Gasteiger partial charge in [-0.2, -0.15) is 0 Å². The molecule has 0 aliphatic carbocycles. The quantitative estimate of drug-likeness (QED) is 0.656. The summed E-state index contributed by atoms with van der Waals surface area (Å²) in [7, 11) is 1.80. The number of aromatic nitrogens is 3. The van der Waals surface area contributed by atoms with Crippen LogP contribution in [-0.4, -0.2) is 32.5 Å². The van der Waals surface area contributed by atoms with Gasteiger partial charge < -0.3 is 14.7 Å². The van der Waals surface area contributed by atoms with E-state index in [1.165, 1.54) is 0 Å². The van der Waals surface area contributed by atoms with E-state index >= 15 is 0 Å². The lowest BCUT2D eigenvalue weighted by Gasteiger charge is -2.05. The highest BCUT2D eigenvalue weighted by molar-refractivity contribution is 6.05. The third kappa shape index (κ3) is 2.22. The molecule has 7 nitrogen and oxygen atoms in total. The van der Waals surface area contributed by atoms with Gasteiger partial charge in [0, 0.05) is 18.7 Å². The molecule has 0 bridgehead atoms. The number of nitrogens with zero attached hydrogens (tertiary/aromatic N) is 4. The molecule has 0 unspecified atom stereocenters. The van der Waals surface area contributed by atoms with Gasteiger partial charge in [0.2, 0.25) is 0 Å². The number of hydrogen-bond donors (Lipinski definition) is 1.